The summed E-state index contributed by atoms with van der Waals surface area (Å²) in [5.41, 5.74) is -0.886. The van der Waals surface area contributed by atoms with Gasteiger partial charge in [0, 0.05) is 6.61 Å². The van der Waals surface area contributed by atoms with E-state index in [0.717, 1.165) is 12.8 Å². The Balaban J connectivity index is 4.92. The summed E-state index contributed by atoms with van der Waals surface area (Å²) < 4.78 is 5.43. The molecule has 0 aromatic heterocycles. The molecule has 1 atom stereocenters. The third-order valence-electron chi connectivity index (χ3n) is 3.62. The van der Waals surface area contributed by atoms with Crippen LogP contribution < -0.4 is 5.32 Å². The van der Waals surface area contributed by atoms with Gasteiger partial charge in [-0.15, -0.1) is 0 Å². The molecular weight excluding hydrogens is 252 g/mol. The third kappa shape index (κ3) is 5.50. The Kier molecular flexibility index (Phi) is 9.24. The van der Waals surface area contributed by atoms with Crippen molar-refractivity contribution in [2.45, 2.75) is 66.3 Å². The van der Waals surface area contributed by atoms with Crippen LogP contribution in [0.5, 0.6) is 0 Å². The molecule has 0 spiro atoms. The Hall–Kier alpha value is -1.08. The topological polar surface area (TPSA) is 62.1 Å². The average Bonchev–Trinajstić information content (AvgIpc) is 2.42. The van der Waals surface area contributed by atoms with E-state index in [0.29, 0.717) is 26.1 Å². The lowest BCUT2D eigenvalue weighted by molar-refractivity contribution is -0.130. The molecular formula is C16H30N2O2. The highest BCUT2D eigenvalue weighted by Gasteiger charge is 2.38. The van der Waals surface area contributed by atoms with Crippen molar-refractivity contribution >= 4 is 5.91 Å². The fourth-order valence-corrected chi connectivity index (χ4v) is 2.32. The minimum absolute atomic E-state index is 0.0381. The Morgan fingerprint density at radius 2 is 1.80 bits per heavy atom. The maximum Gasteiger partial charge on any atom is 0.240 e. The number of nitriles is 1. The lowest BCUT2D eigenvalue weighted by Crippen LogP contribution is -2.48. The molecule has 0 fully saturated rings. The monoisotopic (exact) mass is 282 g/mol. The van der Waals surface area contributed by atoms with Crippen LogP contribution in [0.25, 0.3) is 0 Å². The highest BCUT2D eigenvalue weighted by molar-refractivity contribution is 5.85. The van der Waals surface area contributed by atoms with E-state index in [1.807, 2.05) is 20.8 Å². The van der Waals surface area contributed by atoms with Gasteiger partial charge in [-0.05, 0) is 25.7 Å². The van der Waals surface area contributed by atoms with Crippen molar-refractivity contribution < 1.29 is 9.53 Å². The lowest BCUT2D eigenvalue weighted by atomic mass is 9.79. The van der Waals surface area contributed by atoms with Gasteiger partial charge in [-0.25, -0.2) is 0 Å². The fraction of sp³-hybridized carbons (Fsp3) is 0.875. The van der Waals surface area contributed by atoms with Gasteiger partial charge >= 0.3 is 0 Å². The predicted octanol–water partition coefficient (Wildman–Crippen LogP) is 3.27. The zero-order valence-corrected chi connectivity index (χ0v) is 13.7. The first-order chi connectivity index (χ1) is 9.47. The van der Waals surface area contributed by atoms with Crippen molar-refractivity contribution in [1.29, 1.82) is 5.26 Å². The lowest BCUT2D eigenvalue weighted by Gasteiger charge is -2.29. The number of nitrogens with one attached hydrogen (secondary N) is 1. The van der Waals surface area contributed by atoms with E-state index in [4.69, 9.17) is 4.74 Å². The molecule has 0 heterocycles. The maximum absolute atomic E-state index is 12.6. The molecule has 4 heteroatoms. The standard InChI is InChI=1S/C16H30N2O2/c1-6-9-16(12-17,10-7-2)15(19)18-14(13(4)5)11-20-8-3/h13-14H,6-11H2,1-5H3,(H,18,19). The highest BCUT2D eigenvalue weighted by atomic mass is 16.5. The van der Waals surface area contributed by atoms with E-state index in [1.54, 1.807) is 0 Å². The molecule has 4 nitrogen and oxygen atoms in total. The van der Waals surface area contributed by atoms with Crippen molar-refractivity contribution in [3.63, 3.8) is 0 Å². The van der Waals surface area contributed by atoms with Gasteiger partial charge in [0.05, 0.1) is 18.7 Å². The van der Waals surface area contributed by atoms with E-state index in [1.165, 1.54) is 0 Å². The van der Waals surface area contributed by atoms with Gasteiger partial charge in [-0.1, -0.05) is 40.5 Å². The molecule has 1 unspecified atom stereocenters. The first-order valence-electron chi connectivity index (χ1n) is 7.77. The van der Waals surface area contributed by atoms with Gasteiger partial charge < -0.3 is 10.1 Å². The van der Waals surface area contributed by atoms with Crippen LogP contribution in [0.3, 0.4) is 0 Å². The molecule has 1 N–H and O–H groups in total. The Bertz CT molecular complexity index is 315. The van der Waals surface area contributed by atoms with Gasteiger partial charge in [0.25, 0.3) is 0 Å². The van der Waals surface area contributed by atoms with Crippen LogP contribution in [-0.4, -0.2) is 25.2 Å². The van der Waals surface area contributed by atoms with Gasteiger partial charge in [-0.3, -0.25) is 4.79 Å². The van der Waals surface area contributed by atoms with E-state index >= 15 is 0 Å². The molecule has 20 heavy (non-hydrogen) atoms. The molecule has 0 aliphatic rings. The summed E-state index contributed by atoms with van der Waals surface area (Å²) in [6.07, 6.45) is 2.89. The second-order valence-corrected chi connectivity index (χ2v) is 5.68. The summed E-state index contributed by atoms with van der Waals surface area (Å²) in [6, 6.07) is 2.23. The molecule has 0 aromatic carbocycles. The first-order valence-corrected chi connectivity index (χ1v) is 7.77. The Morgan fingerprint density at radius 1 is 1.25 bits per heavy atom. The van der Waals surface area contributed by atoms with Crippen LogP contribution in [0.2, 0.25) is 0 Å². The molecule has 0 radical (unpaired) electrons. The zero-order valence-electron chi connectivity index (χ0n) is 13.7. The number of ether oxygens (including phenoxy) is 1. The second kappa shape index (κ2) is 9.77. The van der Waals surface area contributed by atoms with E-state index in [-0.39, 0.29) is 17.9 Å². The summed E-state index contributed by atoms with van der Waals surface area (Å²) in [5.74, 6) is 0.146. The van der Waals surface area contributed by atoms with Crippen molar-refractivity contribution in [2.24, 2.45) is 11.3 Å². The van der Waals surface area contributed by atoms with Crippen LogP contribution in [0, 0.1) is 22.7 Å². The quantitative estimate of drug-likeness (QED) is 0.669. The minimum Gasteiger partial charge on any atom is -0.380 e. The van der Waals surface area contributed by atoms with E-state index in [9.17, 15) is 10.1 Å². The normalized spacial score (nSPS) is 13.1. The Morgan fingerprint density at radius 3 is 2.15 bits per heavy atom. The van der Waals surface area contributed by atoms with E-state index < -0.39 is 5.41 Å². The summed E-state index contributed by atoms with van der Waals surface area (Å²) in [4.78, 5) is 12.6. The third-order valence-corrected chi connectivity index (χ3v) is 3.62. The van der Waals surface area contributed by atoms with Gasteiger partial charge in [0.2, 0.25) is 5.91 Å². The summed E-state index contributed by atoms with van der Waals surface area (Å²) in [7, 11) is 0. The number of hydrogen-bond donors (Lipinski definition) is 1. The molecule has 0 aliphatic heterocycles. The smallest absolute Gasteiger partial charge is 0.240 e. The molecule has 0 rings (SSSR count). The number of nitrogens with zero attached hydrogens (tertiary/aromatic N) is 1. The predicted molar refractivity (Wildman–Crippen MR) is 81.1 cm³/mol. The molecule has 116 valence electrons. The summed E-state index contributed by atoms with van der Waals surface area (Å²) in [5, 5.41) is 12.5. The fourth-order valence-electron chi connectivity index (χ4n) is 2.32. The zero-order chi connectivity index (χ0) is 15.6. The minimum atomic E-state index is -0.886. The van der Waals surface area contributed by atoms with Crippen molar-refractivity contribution in [3.05, 3.63) is 0 Å². The van der Waals surface area contributed by atoms with E-state index in [2.05, 4.69) is 25.2 Å². The average molecular weight is 282 g/mol. The van der Waals surface area contributed by atoms with Crippen LogP contribution in [-0.2, 0) is 9.53 Å². The highest BCUT2D eigenvalue weighted by Crippen LogP contribution is 2.29. The molecule has 0 aliphatic carbocycles. The molecule has 1 amide bonds. The van der Waals surface area contributed by atoms with Crippen molar-refractivity contribution in [1.82, 2.24) is 5.32 Å². The number of carbonyl (C=O) groups is 1. The molecule has 0 saturated heterocycles. The number of hydrogen-bond acceptors (Lipinski definition) is 3. The molecule has 0 bridgehead atoms. The second-order valence-electron chi connectivity index (χ2n) is 5.68. The number of carbonyl (C=O) groups excluding carboxylic acids is 1. The van der Waals surface area contributed by atoms with Crippen molar-refractivity contribution in [2.75, 3.05) is 13.2 Å². The molecule has 0 aromatic rings. The van der Waals surface area contributed by atoms with Crippen molar-refractivity contribution in [3.8, 4) is 6.07 Å². The first kappa shape index (κ1) is 18.9. The van der Waals surface area contributed by atoms with Gasteiger partial charge in [0.1, 0.15) is 5.41 Å². The van der Waals surface area contributed by atoms with Crippen LogP contribution in [0.15, 0.2) is 0 Å². The molecule has 0 saturated carbocycles. The summed E-state index contributed by atoms with van der Waals surface area (Å²) >= 11 is 0. The Labute approximate surface area is 123 Å². The number of amides is 1. The van der Waals surface area contributed by atoms with Crippen LogP contribution in [0.4, 0.5) is 0 Å². The number of rotatable bonds is 10. The van der Waals surface area contributed by atoms with Crippen LogP contribution >= 0.6 is 0 Å². The SMILES string of the molecule is CCCC(C#N)(CCC)C(=O)NC(COCC)C(C)C. The largest absolute Gasteiger partial charge is 0.380 e. The van der Waals surface area contributed by atoms with Crippen LogP contribution in [0.1, 0.15) is 60.3 Å². The summed E-state index contributed by atoms with van der Waals surface area (Å²) in [6.45, 7) is 11.2. The van der Waals surface area contributed by atoms with Gasteiger partial charge in [-0.2, -0.15) is 5.26 Å². The van der Waals surface area contributed by atoms with Gasteiger partial charge in [0.15, 0.2) is 0 Å². The maximum atomic E-state index is 12.6.